The molecule has 0 spiro atoms. The third-order valence-electron chi connectivity index (χ3n) is 2.91. The van der Waals surface area contributed by atoms with E-state index in [1.165, 1.54) is 0 Å². The number of nitrogens with one attached hydrogen (secondary N) is 1. The monoisotopic (exact) mass is 191 g/mol. The van der Waals surface area contributed by atoms with E-state index in [2.05, 4.69) is 5.32 Å². The van der Waals surface area contributed by atoms with Gasteiger partial charge in [-0.05, 0) is 0 Å². The van der Waals surface area contributed by atoms with Gasteiger partial charge in [0, 0.05) is 0 Å². The van der Waals surface area contributed by atoms with Gasteiger partial charge in [0.2, 0.25) is 0 Å². The molecular formula is C7H13NO5. The number of aliphatic hydroxyl groups is 5. The SMILES string of the molecule is OC1[C@H](O)[C@@H]2N[C@@H]([C@@H](O)[C@H]2O)[C@H]1O. The maximum Gasteiger partial charge on any atom is 0.109 e. The molecule has 13 heavy (non-hydrogen) atoms. The summed E-state index contributed by atoms with van der Waals surface area (Å²) in [5, 5.41) is 49.5. The largest absolute Gasteiger partial charge is 0.389 e. The highest BCUT2D eigenvalue weighted by Crippen LogP contribution is 2.28. The fourth-order valence-electron chi connectivity index (χ4n) is 2.07. The molecule has 6 N–H and O–H groups in total. The van der Waals surface area contributed by atoms with Crippen LogP contribution in [0.4, 0.5) is 0 Å². The fourth-order valence-corrected chi connectivity index (χ4v) is 2.07. The van der Waals surface area contributed by atoms with Crippen LogP contribution in [0.2, 0.25) is 0 Å². The normalized spacial score (nSPS) is 61.2. The smallest absolute Gasteiger partial charge is 0.109 e. The zero-order chi connectivity index (χ0) is 9.75. The van der Waals surface area contributed by atoms with Gasteiger partial charge in [-0.2, -0.15) is 0 Å². The predicted molar refractivity (Wildman–Crippen MR) is 40.7 cm³/mol. The van der Waals surface area contributed by atoms with E-state index >= 15 is 0 Å². The van der Waals surface area contributed by atoms with Gasteiger partial charge < -0.3 is 30.8 Å². The van der Waals surface area contributed by atoms with Crippen molar-refractivity contribution in [2.75, 3.05) is 0 Å². The molecule has 2 aliphatic rings. The van der Waals surface area contributed by atoms with Gasteiger partial charge in [-0.15, -0.1) is 0 Å². The molecule has 0 radical (unpaired) electrons. The summed E-state index contributed by atoms with van der Waals surface area (Å²) in [5.74, 6) is 0. The Morgan fingerprint density at radius 3 is 1.23 bits per heavy atom. The van der Waals surface area contributed by atoms with Crippen LogP contribution < -0.4 is 5.32 Å². The summed E-state index contributed by atoms with van der Waals surface area (Å²) < 4.78 is 0. The summed E-state index contributed by atoms with van der Waals surface area (Å²) in [4.78, 5) is 0. The highest BCUT2D eigenvalue weighted by atomic mass is 16.4. The third kappa shape index (κ3) is 1.11. The van der Waals surface area contributed by atoms with E-state index < -0.39 is 42.6 Å². The molecule has 0 amide bonds. The van der Waals surface area contributed by atoms with Crippen LogP contribution in [-0.4, -0.2) is 68.1 Å². The first-order valence-corrected chi connectivity index (χ1v) is 4.20. The maximum atomic E-state index is 9.38. The minimum atomic E-state index is -1.32. The minimum Gasteiger partial charge on any atom is -0.389 e. The lowest BCUT2D eigenvalue weighted by Gasteiger charge is -2.35. The van der Waals surface area contributed by atoms with Crippen LogP contribution >= 0.6 is 0 Å². The van der Waals surface area contributed by atoms with Crippen LogP contribution in [0.25, 0.3) is 0 Å². The van der Waals surface area contributed by atoms with E-state index in [4.69, 9.17) is 0 Å². The van der Waals surface area contributed by atoms with E-state index in [1.54, 1.807) is 0 Å². The summed E-state index contributed by atoms with van der Waals surface area (Å²) in [5.41, 5.74) is 0. The number of piperidine rings is 1. The van der Waals surface area contributed by atoms with E-state index in [0.717, 1.165) is 0 Å². The van der Waals surface area contributed by atoms with Gasteiger partial charge in [0.05, 0.1) is 24.3 Å². The van der Waals surface area contributed by atoms with Gasteiger partial charge in [0.1, 0.15) is 18.3 Å². The first kappa shape index (κ1) is 9.32. The van der Waals surface area contributed by atoms with E-state index in [0.29, 0.717) is 0 Å². The highest BCUT2D eigenvalue weighted by molar-refractivity contribution is 5.12. The molecule has 2 aliphatic heterocycles. The molecule has 7 atom stereocenters. The van der Waals surface area contributed by atoms with Gasteiger partial charge in [-0.3, -0.25) is 0 Å². The van der Waals surface area contributed by atoms with Crippen molar-refractivity contribution < 1.29 is 25.5 Å². The standard InChI is InChI=1S/C7H13NO5/c9-3-1-5(11)7(13)6(12)2(8-1)4(3)10/h1-13H/t1-,2+,3+,4-,5-,6-,7?/m1/s1. The fraction of sp³-hybridized carbons (Fsp3) is 1.00. The summed E-state index contributed by atoms with van der Waals surface area (Å²) in [7, 11) is 0. The van der Waals surface area contributed by atoms with Crippen molar-refractivity contribution in [1.29, 1.82) is 0 Å². The Morgan fingerprint density at radius 1 is 0.538 bits per heavy atom. The second kappa shape index (κ2) is 2.88. The molecule has 2 fully saturated rings. The van der Waals surface area contributed by atoms with Gasteiger partial charge in [0.15, 0.2) is 0 Å². The topological polar surface area (TPSA) is 113 Å². The molecular weight excluding hydrogens is 178 g/mol. The molecule has 2 rings (SSSR count). The van der Waals surface area contributed by atoms with Gasteiger partial charge in [-0.25, -0.2) is 0 Å². The number of hydrogen-bond donors (Lipinski definition) is 6. The first-order chi connectivity index (χ1) is 6.04. The van der Waals surface area contributed by atoms with Crippen molar-refractivity contribution in [2.45, 2.75) is 42.6 Å². The van der Waals surface area contributed by atoms with Crippen molar-refractivity contribution in [3.05, 3.63) is 0 Å². The van der Waals surface area contributed by atoms with Gasteiger partial charge in [0.25, 0.3) is 0 Å². The number of hydrogen-bond acceptors (Lipinski definition) is 6. The third-order valence-corrected chi connectivity index (χ3v) is 2.91. The van der Waals surface area contributed by atoms with E-state index in [9.17, 15) is 25.5 Å². The van der Waals surface area contributed by atoms with Crippen molar-refractivity contribution >= 4 is 0 Å². The molecule has 2 heterocycles. The maximum absolute atomic E-state index is 9.38. The molecule has 1 unspecified atom stereocenters. The highest BCUT2D eigenvalue weighted by Gasteiger charge is 2.55. The second-order valence-electron chi connectivity index (χ2n) is 3.67. The summed E-state index contributed by atoms with van der Waals surface area (Å²) in [6.45, 7) is 0. The molecule has 2 bridgehead atoms. The lowest BCUT2D eigenvalue weighted by atomic mass is 9.96. The Labute approximate surface area is 74.4 Å². The molecule has 0 aliphatic carbocycles. The van der Waals surface area contributed by atoms with Crippen LogP contribution in [0.5, 0.6) is 0 Å². The Kier molecular flexibility index (Phi) is 2.06. The number of rotatable bonds is 0. The predicted octanol–water partition coefficient (Wildman–Crippen LogP) is -3.86. The molecule has 0 aromatic carbocycles. The van der Waals surface area contributed by atoms with Crippen molar-refractivity contribution in [1.82, 2.24) is 5.32 Å². The lowest BCUT2D eigenvalue weighted by molar-refractivity contribution is -0.105. The van der Waals surface area contributed by atoms with E-state index in [-0.39, 0.29) is 0 Å². The average molecular weight is 191 g/mol. The van der Waals surface area contributed by atoms with Crippen LogP contribution in [0.1, 0.15) is 0 Å². The molecule has 0 saturated carbocycles. The van der Waals surface area contributed by atoms with Crippen LogP contribution in [0.15, 0.2) is 0 Å². The molecule has 2 saturated heterocycles. The van der Waals surface area contributed by atoms with Crippen molar-refractivity contribution in [3.8, 4) is 0 Å². The quantitative estimate of drug-likeness (QED) is 0.234. The summed E-state index contributed by atoms with van der Waals surface area (Å²) in [6.07, 6.45) is -6.11. The molecule has 0 aromatic heterocycles. The number of aliphatic hydroxyl groups excluding tert-OH is 5. The molecule has 6 heteroatoms. The summed E-state index contributed by atoms with van der Waals surface area (Å²) in [6, 6.07) is -1.53. The molecule has 76 valence electrons. The van der Waals surface area contributed by atoms with Crippen molar-refractivity contribution in [3.63, 3.8) is 0 Å². The number of fused-ring (bicyclic) bond motifs is 2. The van der Waals surface area contributed by atoms with Crippen LogP contribution in [0, 0.1) is 0 Å². The Morgan fingerprint density at radius 2 is 0.846 bits per heavy atom. The van der Waals surface area contributed by atoms with Crippen LogP contribution in [0.3, 0.4) is 0 Å². The Hall–Kier alpha value is -0.240. The van der Waals surface area contributed by atoms with Gasteiger partial charge in [-0.1, -0.05) is 0 Å². The van der Waals surface area contributed by atoms with Gasteiger partial charge >= 0.3 is 0 Å². The zero-order valence-corrected chi connectivity index (χ0v) is 6.78. The first-order valence-electron chi connectivity index (χ1n) is 4.20. The average Bonchev–Trinajstić information content (AvgIpc) is 2.38. The van der Waals surface area contributed by atoms with Crippen LogP contribution in [-0.2, 0) is 0 Å². The minimum absolute atomic E-state index is 0.765. The molecule has 6 nitrogen and oxygen atoms in total. The van der Waals surface area contributed by atoms with E-state index in [1.807, 2.05) is 0 Å². The lowest BCUT2D eigenvalue weighted by Crippen LogP contribution is -2.62. The zero-order valence-electron chi connectivity index (χ0n) is 6.78. The Bertz CT molecular complexity index is 193. The Balaban J connectivity index is 2.26. The summed E-state index contributed by atoms with van der Waals surface area (Å²) >= 11 is 0. The molecule has 0 aromatic rings. The second-order valence-corrected chi connectivity index (χ2v) is 3.67. The van der Waals surface area contributed by atoms with Crippen molar-refractivity contribution in [2.24, 2.45) is 0 Å².